The van der Waals surface area contributed by atoms with Crippen molar-refractivity contribution < 1.29 is 0 Å². The van der Waals surface area contributed by atoms with E-state index in [0.29, 0.717) is 0 Å². The zero-order valence-corrected chi connectivity index (χ0v) is 21.5. The highest BCUT2D eigenvalue weighted by atomic mass is 15.5. The minimum atomic E-state index is -0.0709. The topological polar surface area (TPSA) is 32.3 Å². The van der Waals surface area contributed by atoms with E-state index < -0.39 is 0 Å². The molecule has 1 aliphatic rings. The average molecular weight is 443 g/mol. The first-order chi connectivity index (χ1) is 15.6. The van der Waals surface area contributed by atoms with Gasteiger partial charge in [0.05, 0.1) is 11.9 Å². The van der Waals surface area contributed by atoms with E-state index in [1.807, 2.05) is 6.20 Å². The van der Waals surface area contributed by atoms with Crippen LogP contribution in [0.3, 0.4) is 0 Å². The van der Waals surface area contributed by atoms with Crippen molar-refractivity contribution in [2.75, 3.05) is 9.80 Å². The number of aryl methyl sites for hydroxylation is 1. The van der Waals surface area contributed by atoms with Crippen molar-refractivity contribution in [2.45, 2.75) is 85.2 Å². The molecular formula is C29H38N4. The van der Waals surface area contributed by atoms with Crippen LogP contribution < -0.4 is 9.80 Å². The van der Waals surface area contributed by atoms with Gasteiger partial charge in [-0.3, -0.25) is 0 Å². The molecular weight excluding hydrogens is 404 g/mol. The first kappa shape index (κ1) is 23.3. The molecule has 0 fully saturated rings. The minimum Gasteiger partial charge on any atom is -0.302 e. The molecule has 1 unspecified atom stereocenters. The second-order valence-electron chi connectivity index (χ2n) is 10.6. The summed E-state index contributed by atoms with van der Waals surface area (Å²) in [6.45, 7) is 18.0. The summed E-state index contributed by atoms with van der Waals surface area (Å²) in [6.07, 6.45) is 4.19. The van der Waals surface area contributed by atoms with Gasteiger partial charge in [0, 0.05) is 16.8 Å². The summed E-state index contributed by atoms with van der Waals surface area (Å²) in [6, 6.07) is 17.5. The van der Waals surface area contributed by atoms with Crippen molar-refractivity contribution in [3.63, 3.8) is 0 Å². The molecule has 0 N–H and O–H groups in total. The largest absolute Gasteiger partial charge is 0.302 e. The van der Waals surface area contributed by atoms with E-state index in [1.54, 1.807) is 0 Å². The Bertz CT molecular complexity index is 1130. The van der Waals surface area contributed by atoms with Crippen LogP contribution in [0.15, 0.2) is 54.7 Å². The summed E-state index contributed by atoms with van der Waals surface area (Å²) in [5, 5.41) is 0. The van der Waals surface area contributed by atoms with Crippen molar-refractivity contribution in [2.24, 2.45) is 0 Å². The van der Waals surface area contributed by atoms with Crippen LogP contribution in [-0.4, -0.2) is 16.1 Å². The summed E-state index contributed by atoms with van der Waals surface area (Å²) < 4.78 is 0. The predicted molar refractivity (Wildman–Crippen MR) is 140 cm³/mol. The Morgan fingerprint density at radius 2 is 1.55 bits per heavy atom. The van der Waals surface area contributed by atoms with Gasteiger partial charge in [0.2, 0.25) is 0 Å². The molecule has 0 spiro atoms. The van der Waals surface area contributed by atoms with E-state index in [4.69, 9.17) is 9.97 Å². The van der Waals surface area contributed by atoms with Crippen LogP contribution in [0.25, 0.3) is 0 Å². The molecule has 3 aromatic rings. The fraction of sp³-hybridized carbons (Fsp3) is 0.448. The lowest BCUT2D eigenvalue weighted by atomic mass is 9.76. The molecule has 1 atom stereocenters. The second-order valence-corrected chi connectivity index (χ2v) is 10.6. The van der Waals surface area contributed by atoms with Crippen LogP contribution in [0.4, 0.5) is 23.0 Å². The lowest BCUT2D eigenvalue weighted by Gasteiger charge is -2.36. The number of hydrogen-bond acceptors (Lipinski definition) is 4. The normalized spacial score (nSPS) is 16.3. The molecule has 2 aromatic carbocycles. The van der Waals surface area contributed by atoms with E-state index in [2.05, 4.69) is 114 Å². The van der Waals surface area contributed by atoms with Gasteiger partial charge in [-0.1, -0.05) is 71.9 Å². The summed E-state index contributed by atoms with van der Waals surface area (Å²) in [7, 11) is 0. The molecule has 1 aromatic heterocycles. The lowest BCUT2D eigenvalue weighted by Crippen LogP contribution is -2.37. The standard InChI is InChI=1S/C29H38N4/c1-9-29(8,10-2)23-17-16-20(3)18-24(23)33-21(4)32(22-14-12-11-13-15-22)27-26(33)30-19-25(31-27)28(5,6)7/h11-19,21H,9-10H2,1-8H3. The predicted octanol–water partition coefficient (Wildman–Crippen LogP) is 7.80. The highest BCUT2D eigenvalue weighted by Gasteiger charge is 2.40. The monoisotopic (exact) mass is 442 g/mol. The molecule has 0 saturated carbocycles. The number of benzene rings is 2. The molecule has 4 nitrogen and oxygen atoms in total. The van der Waals surface area contributed by atoms with Gasteiger partial charge >= 0.3 is 0 Å². The van der Waals surface area contributed by atoms with Gasteiger partial charge in [-0.05, 0) is 61.4 Å². The Morgan fingerprint density at radius 1 is 0.879 bits per heavy atom. The first-order valence-electron chi connectivity index (χ1n) is 12.2. The molecule has 33 heavy (non-hydrogen) atoms. The maximum Gasteiger partial charge on any atom is 0.178 e. The van der Waals surface area contributed by atoms with Crippen molar-refractivity contribution in [3.8, 4) is 0 Å². The molecule has 0 aliphatic carbocycles. The highest BCUT2D eigenvalue weighted by molar-refractivity contribution is 5.84. The molecule has 2 heterocycles. The third kappa shape index (κ3) is 4.01. The smallest absolute Gasteiger partial charge is 0.178 e. The van der Waals surface area contributed by atoms with Crippen LogP contribution >= 0.6 is 0 Å². The van der Waals surface area contributed by atoms with Gasteiger partial charge in [0.25, 0.3) is 0 Å². The van der Waals surface area contributed by atoms with Crippen molar-refractivity contribution in [3.05, 3.63) is 71.5 Å². The highest BCUT2D eigenvalue weighted by Crippen LogP contribution is 2.49. The van der Waals surface area contributed by atoms with Gasteiger partial charge in [-0.15, -0.1) is 0 Å². The average Bonchev–Trinajstić information content (AvgIpc) is 3.09. The fourth-order valence-corrected chi connectivity index (χ4v) is 4.76. The molecule has 0 amide bonds. The number of para-hydroxylation sites is 1. The zero-order valence-electron chi connectivity index (χ0n) is 21.5. The lowest BCUT2D eigenvalue weighted by molar-refractivity contribution is 0.438. The molecule has 4 heteroatoms. The van der Waals surface area contributed by atoms with E-state index in [1.165, 1.54) is 16.8 Å². The van der Waals surface area contributed by atoms with Crippen LogP contribution in [0, 0.1) is 6.92 Å². The van der Waals surface area contributed by atoms with E-state index in [9.17, 15) is 0 Å². The summed E-state index contributed by atoms with van der Waals surface area (Å²) in [5.74, 6) is 1.86. The van der Waals surface area contributed by atoms with Gasteiger partial charge in [-0.25, -0.2) is 9.97 Å². The Morgan fingerprint density at radius 3 is 2.15 bits per heavy atom. The SMILES string of the molecule is CCC(C)(CC)c1ccc(C)cc1N1c2ncc(C(C)(C)C)nc2N(c2ccccc2)C1C. The van der Waals surface area contributed by atoms with Gasteiger partial charge in [0.1, 0.15) is 6.17 Å². The van der Waals surface area contributed by atoms with Crippen molar-refractivity contribution >= 4 is 23.0 Å². The number of rotatable bonds is 5. The zero-order chi connectivity index (χ0) is 24.0. The number of hydrogen-bond donors (Lipinski definition) is 0. The Hall–Kier alpha value is -2.88. The van der Waals surface area contributed by atoms with E-state index in [0.717, 1.165) is 35.9 Å². The molecule has 4 rings (SSSR count). The van der Waals surface area contributed by atoms with Crippen molar-refractivity contribution in [1.82, 2.24) is 9.97 Å². The van der Waals surface area contributed by atoms with Crippen LogP contribution in [0.1, 0.15) is 78.1 Å². The quantitative estimate of drug-likeness (QED) is 0.403. The van der Waals surface area contributed by atoms with Gasteiger partial charge in [0.15, 0.2) is 11.6 Å². The number of anilines is 4. The van der Waals surface area contributed by atoms with E-state index in [-0.39, 0.29) is 17.0 Å². The number of fused-ring (bicyclic) bond motifs is 1. The van der Waals surface area contributed by atoms with Crippen LogP contribution in [0.5, 0.6) is 0 Å². The molecule has 0 saturated heterocycles. The third-order valence-corrected chi connectivity index (χ3v) is 7.37. The number of nitrogens with zero attached hydrogens (tertiary/aromatic N) is 4. The van der Waals surface area contributed by atoms with Gasteiger partial charge < -0.3 is 9.80 Å². The number of aromatic nitrogens is 2. The minimum absolute atomic E-state index is 0.0520. The summed E-state index contributed by atoms with van der Waals surface area (Å²) in [4.78, 5) is 14.9. The molecule has 1 aliphatic heterocycles. The Balaban J connectivity index is 1.97. The third-order valence-electron chi connectivity index (χ3n) is 7.37. The van der Waals surface area contributed by atoms with Crippen LogP contribution in [0.2, 0.25) is 0 Å². The van der Waals surface area contributed by atoms with Gasteiger partial charge in [-0.2, -0.15) is 0 Å². The Kier molecular flexibility index (Phi) is 5.98. The Labute approximate surface area is 199 Å². The van der Waals surface area contributed by atoms with Crippen molar-refractivity contribution in [1.29, 1.82) is 0 Å². The molecule has 0 bridgehead atoms. The molecule has 174 valence electrons. The summed E-state index contributed by atoms with van der Waals surface area (Å²) >= 11 is 0. The second kappa shape index (κ2) is 8.48. The van der Waals surface area contributed by atoms with E-state index >= 15 is 0 Å². The molecule has 0 radical (unpaired) electrons. The maximum absolute atomic E-state index is 5.18. The summed E-state index contributed by atoms with van der Waals surface area (Å²) in [5.41, 5.74) is 6.05. The van der Waals surface area contributed by atoms with Crippen LogP contribution in [-0.2, 0) is 10.8 Å². The fourth-order valence-electron chi connectivity index (χ4n) is 4.76. The maximum atomic E-state index is 5.18. The first-order valence-corrected chi connectivity index (χ1v) is 12.2.